The Bertz CT molecular complexity index is 283. The zero-order chi connectivity index (χ0) is 13.1. The number of carbonyl (C=O) groups is 2. The normalized spacial score (nSPS) is 17.4. The first-order valence-corrected chi connectivity index (χ1v) is 5.95. The highest BCUT2D eigenvalue weighted by Crippen LogP contribution is 2.22. The fourth-order valence-corrected chi connectivity index (χ4v) is 1.93. The summed E-state index contributed by atoms with van der Waals surface area (Å²) in [6, 6.07) is 0. The van der Waals surface area contributed by atoms with Crippen molar-refractivity contribution in [2.75, 3.05) is 5.33 Å². The van der Waals surface area contributed by atoms with Crippen molar-refractivity contribution in [3.8, 4) is 0 Å². The minimum Gasteiger partial charge on any atom is -0.480 e. The Morgan fingerprint density at radius 1 is 1.38 bits per heavy atom. The molecule has 0 aliphatic carbocycles. The number of alkyl halides is 1. The summed E-state index contributed by atoms with van der Waals surface area (Å²) in [5, 5.41) is 9.08. The molecule has 16 heavy (non-hydrogen) atoms. The van der Waals surface area contributed by atoms with Gasteiger partial charge in [0.05, 0.1) is 5.92 Å². The van der Waals surface area contributed by atoms with Crippen molar-refractivity contribution in [2.45, 2.75) is 38.8 Å². The Morgan fingerprint density at radius 3 is 2.06 bits per heavy atom. The van der Waals surface area contributed by atoms with Gasteiger partial charge in [0.1, 0.15) is 11.1 Å². The molecule has 0 aliphatic heterocycles. The molecule has 0 saturated heterocycles. The average molecular weight is 296 g/mol. The predicted molar refractivity (Wildman–Crippen MR) is 63.4 cm³/mol. The molecule has 0 bridgehead atoms. The van der Waals surface area contributed by atoms with E-state index in [1.165, 1.54) is 6.92 Å². The molecule has 0 heterocycles. The minimum absolute atomic E-state index is 0.140. The van der Waals surface area contributed by atoms with Crippen LogP contribution >= 0.6 is 15.9 Å². The molecule has 2 atom stereocenters. The first kappa shape index (κ1) is 15.4. The second-order valence-corrected chi connectivity index (χ2v) is 5.48. The van der Waals surface area contributed by atoms with Crippen molar-refractivity contribution < 1.29 is 19.4 Å². The Morgan fingerprint density at radius 2 is 1.81 bits per heavy atom. The van der Waals surface area contributed by atoms with Gasteiger partial charge < -0.3 is 15.6 Å². The van der Waals surface area contributed by atoms with Crippen molar-refractivity contribution in [3.63, 3.8) is 0 Å². The highest BCUT2D eigenvalue weighted by Gasteiger charge is 2.43. The zero-order valence-electron chi connectivity index (χ0n) is 9.91. The maximum Gasteiger partial charge on any atom is 0.324 e. The molecule has 5 nitrogen and oxygen atoms in total. The highest BCUT2D eigenvalue weighted by atomic mass is 79.9. The highest BCUT2D eigenvalue weighted by molar-refractivity contribution is 9.09. The van der Waals surface area contributed by atoms with E-state index in [4.69, 9.17) is 15.6 Å². The summed E-state index contributed by atoms with van der Waals surface area (Å²) in [5.41, 5.74) is 3.30. The smallest absolute Gasteiger partial charge is 0.324 e. The van der Waals surface area contributed by atoms with Crippen molar-refractivity contribution in [3.05, 3.63) is 0 Å². The van der Waals surface area contributed by atoms with E-state index in [1.54, 1.807) is 20.8 Å². The van der Waals surface area contributed by atoms with Crippen molar-refractivity contribution >= 4 is 27.9 Å². The Balaban J connectivity index is 4.88. The molecule has 94 valence electrons. The van der Waals surface area contributed by atoms with E-state index in [0.29, 0.717) is 0 Å². The number of esters is 1. The Hall–Kier alpha value is -0.620. The van der Waals surface area contributed by atoms with Gasteiger partial charge in [-0.2, -0.15) is 0 Å². The van der Waals surface area contributed by atoms with E-state index in [1.807, 2.05) is 0 Å². The van der Waals surface area contributed by atoms with Crippen molar-refractivity contribution in [1.29, 1.82) is 0 Å². The number of rotatable bonds is 4. The van der Waals surface area contributed by atoms with Gasteiger partial charge in [0, 0.05) is 5.33 Å². The molecule has 0 aromatic rings. The van der Waals surface area contributed by atoms with E-state index in [0.717, 1.165) is 0 Å². The maximum atomic E-state index is 11.7. The lowest BCUT2D eigenvalue weighted by atomic mass is 9.88. The van der Waals surface area contributed by atoms with Gasteiger partial charge in [-0.1, -0.05) is 15.9 Å². The molecule has 0 aliphatic rings. The number of carbonyl (C=O) groups excluding carboxylic acids is 1. The second-order valence-electron chi connectivity index (χ2n) is 4.83. The van der Waals surface area contributed by atoms with Gasteiger partial charge >= 0.3 is 11.9 Å². The number of carboxylic acids is 1. The van der Waals surface area contributed by atoms with Crippen LogP contribution in [0.5, 0.6) is 0 Å². The molecule has 0 spiro atoms. The molecule has 6 heteroatoms. The van der Waals surface area contributed by atoms with Gasteiger partial charge in [-0.3, -0.25) is 9.59 Å². The van der Waals surface area contributed by atoms with Crippen molar-refractivity contribution in [1.82, 2.24) is 0 Å². The van der Waals surface area contributed by atoms with Gasteiger partial charge in [0.15, 0.2) is 0 Å². The number of halogens is 1. The van der Waals surface area contributed by atoms with Crippen LogP contribution in [0.15, 0.2) is 0 Å². The van der Waals surface area contributed by atoms with E-state index < -0.39 is 29.0 Å². The summed E-state index contributed by atoms with van der Waals surface area (Å²) in [5.74, 6) is -2.77. The van der Waals surface area contributed by atoms with Crippen LogP contribution in [0.3, 0.4) is 0 Å². The molecule has 0 saturated carbocycles. The van der Waals surface area contributed by atoms with Crippen LogP contribution in [0.4, 0.5) is 0 Å². The third kappa shape index (κ3) is 4.09. The van der Waals surface area contributed by atoms with Gasteiger partial charge in [-0.05, 0) is 27.7 Å². The number of hydrogen-bond donors (Lipinski definition) is 2. The molecule has 0 rings (SSSR count). The first-order chi connectivity index (χ1) is 7.02. The second kappa shape index (κ2) is 5.14. The lowest BCUT2D eigenvalue weighted by Gasteiger charge is -2.30. The summed E-state index contributed by atoms with van der Waals surface area (Å²) >= 11 is 3.08. The largest absolute Gasteiger partial charge is 0.480 e. The number of ether oxygens (including phenoxy) is 1. The fraction of sp³-hybridized carbons (Fsp3) is 0.800. The van der Waals surface area contributed by atoms with Gasteiger partial charge in [0.25, 0.3) is 0 Å². The third-order valence-corrected chi connectivity index (χ3v) is 2.68. The quantitative estimate of drug-likeness (QED) is 0.600. The standard InChI is InChI=1S/C10H18BrNO4/c1-9(2,3)16-7(13)6(5-11)10(4,12)8(14)15/h6H,5,12H2,1-4H3,(H,14,15)/t6?,10-/m0/s1. The van der Waals surface area contributed by atoms with E-state index in [9.17, 15) is 9.59 Å². The molecule has 0 radical (unpaired) electrons. The fourth-order valence-electron chi connectivity index (χ4n) is 0.990. The maximum absolute atomic E-state index is 11.7. The Labute approximate surface area is 103 Å². The molecule has 0 aromatic heterocycles. The topological polar surface area (TPSA) is 89.6 Å². The van der Waals surface area contributed by atoms with E-state index in [2.05, 4.69) is 15.9 Å². The van der Waals surface area contributed by atoms with Crippen molar-refractivity contribution in [2.24, 2.45) is 11.7 Å². The molecule has 0 fully saturated rings. The molecular formula is C10H18BrNO4. The third-order valence-electron chi connectivity index (χ3n) is 2.03. The van der Waals surface area contributed by atoms with Crippen LogP contribution in [0, 0.1) is 5.92 Å². The number of carboxylic acid groups (broad SMARTS) is 1. The van der Waals surface area contributed by atoms with Gasteiger partial charge in [-0.25, -0.2) is 0 Å². The SMILES string of the molecule is CC(C)(C)OC(=O)C(CBr)[C@](C)(N)C(=O)O. The molecule has 0 amide bonds. The van der Waals surface area contributed by atoms with Gasteiger partial charge in [0.2, 0.25) is 0 Å². The van der Waals surface area contributed by atoms with Crippen LogP contribution in [0.2, 0.25) is 0 Å². The number of aliphatic carboxylic acids is 1. The van der Waals surface area contributed by atoms with Crippen LogP contribution in [0.25, 0.3) is 0 Å². The molecule has 3 N–H and O–H groups in total. The van der Waals surface area contributed by atoms with Crippen LogP contribution in [-0.2, 0) is 14.3 Å². The van der Waals surface area contributed by atoms with Crippen LogP contribution in [-0.4, -0.2) is 33.5 Å². The summed E-state index contributed by atoms with van der Waals surface area (Å²) < 4.78 is 5.11. The lowest BCUT2D eigenvalue weighted by molar-refractivity contribution is -0.166. The van der Waals surface area contributed by atoms with Crippen LogP contribution < -0.4 is 5.73 Å². The molecular weight excluding hydrogens is 278 g/mol. The number of hydrogen-bond acceptors (Lipinski definition) is 4. The van der Waals surface area contributed by atoms with Crippen LogP contribution in [0.1, 0.15) is 27.7 Å². The summed E-state index contributed by atoms with van der Waals surface area (Å²) in [6.07, 6.45) is 0. The molecule has 0 aromatic carbocycles. The van der Waals surface area contributed by atoms with E-state index in [-0.39, 0.29) is 5.33 Å². The minimum atomic E-state index is -1.65. The average Bonchev–Trinajstić information content (AvgIpc) is 2.00. The monoisotopic (exact) mass is 295 g/mol. The Kier molecular flexibility index (Phi) is 4.94. The summed E-state index contributed by atoms with van der Waals surface area (Å²) in [4.78, 5) is 22.7. The first-order valence-electron chi connectivity index (χ1n) is 4.83. The summed E-state index contributed by atoms with van der Waals surface area (Å²) in [6.45, 7) is 6.44. The predicted octanol–water partition coefficient (Wildman–Crippen LogP) is 1.14. The van der Waals surface area contributed by atoms with Gasteiger partial charge in [-0.15, -0.1) is 0 Å². The zero-order valence-corrected chi connectivity index (χ0v) is 11.5. The lowest BCUT2D eigenvalue weighted by Crippen LogP contribution is -2.56. The summed E-state index contributed by atoms with van der Waals surface area (Å²) in [7, 11) is 0. The number of nitrogens with two attached hydrogens (primary N) is 1. The van der Waals surface area contributed by atoms with E-state index >= 15 is 0 Å². The molecule has 1 unspecified atom stereocenters.